The molecule has 3 heterocycles. The molecule has 9 nitrogen and oxygen atoms in total. The summed E-state index contributed by atoms with van der Waals surface area (Å²) in [7, 11) is 1.77. The van der Waals surface area contributed by atoms with Gasteiger partial charge in [-0.1, -0.05) is 35.9 Å². The fraction of sp³-hybridized carbons (Fsp3) is 0.310. The number of amides is 2. The molecule has 4 aromatic rings. The lowest BCUT2D eigenvalue weighted by molar-refractivity contribution is 0.0238. The van der Waals surface area contributed by atoms with Crippen molar-refractivity contribution in [2.45, 2.75) is 38.8 Å². The summed E-state index contributed by atoms with van der Waals surface area (Å²) in [5, 5.41) is 8.00. The van der Waals surface area contributed by atoms with Gasteiger partial charge in [-0.3, -0.25) is 4.79 Å². The number of carbonyl (C=O) groups excluding carboxylic acids is 2. The van der Waals surface area contributed by atoms with E-state index in [4.69, 9.17) is 16.3 Å². The zero-order valence-corrected chi connectivity index (χ0v) is 23.1. The molecule has 1 saturated heterocycles. The SMILES string of the molecule is CN(C(=O)OC(C)(C)C)[C@@H]1CCN(c2ccccc2NC(=O)c2ccn3ncc(-c4cccc(Cl)c4)c3n2)C1. The molecular formula is C29H31ClN6O3. The van der Waals surface area contributed by atoms with Crippen LogP contribution in [0.1, 0.15) is 37.7 Å². The average Bonchev–Trinajstić information content (AvgIpc) is 3.55. The molecule has 39 heavy (non-hydrogen) atoms. The molecule has 1 aliphatic heterocycles. The Morgan fingerprint density at radius 3 is 2.69 bits per heavy atom. The summed E-state index contributed by atoms with van der Waals surface area (Å²) >= 11 is 6.18. The van der Waals surface area contributed by atoms with Gasteiger partial charge in [0.15, 0.2) is 5.65 Å². The lowest BCUT2D eigenvalue weighted by Gasteiger charge is -2.29. The van der Waals surface area contributed by atoms with Gasteiger partial charge < -0.3 is 19.9 Å². The van der Waals surface area contributed by atoms with Crippen molar-refractivity contribution in [3.8, 4) is 11.1 Å². The van der Waals surface area contributed by atoms with E-state index in [-0.39, 0.29) is 23.7 Å². The Morgan fingerprint density at radius 2 is 1.92 bits per heavy atom. The second-order valence-electron chi connectivity index (χ2n) is 10.6. The van der Waals surface area contributed by atoms with Gasteiger partial charge in [0.2, 0.25) is 0 Å². The van der Waals surface area contributed by atoms with Crippen LogP contribution in [0.5, 0.6) is 0 Å². The second kappa shape index (κ2) is 10.6. The molecule has 0 unspecified atom stereocenters. The number of para-hydroxylation sites is 2. The average molecular weight is 547 g/mol. The number of benzene rings is 2. The molecule has 2 aromatic heterocycles. The molecule has 5 rings (SSSR count). The molecule has 0 saturated carbocycles. The van der Waals surface area contributed by atoms with Gasteiger partial charge in [0.05, 0.1) is 23.6 Å². The molecule has 1 atom stereocenters. The second-order valence-corrected chi connectivity index (χ2v) is 11.0. The Hall–Kier alpha value is -4.11. The van der Waals surface area contributed by atoms with Gasteiger partial charge in [-0.15, -0.1) is 0 Å². The van der Waals surface area contributed by atoms with Crippen LogP contribution in [0.2, 0.25) is 5.02 Å². The van der Waals surface area contributed by atoms with Crippen molar-refractivity contribution in [1.29, 1.82) is 0 Å². The summed E-state index contributed by atoms with van der Waals surface area (Å²) in [6.07, 6.45) is 3.89. The van der Waals surface area contributed by atoms with E-state index in [1.807, 2.05) is 63.2 Å². The van der Waals surface area contributed by atoms with Crippen molar-refractivity contribution in [1.82, 2.24) is 19.5 Å². The topological polar surface area (TPSA) is 92.1 Å². The van der Waals surface area contributed by atoms with Crippen LogP contribution in [0.15, 0.2) is 67.0 Å². The number of carbonyl (C=O) groups is 2. The van der Waals surface area contributed by atoms with Gasteiger partial charge >= 0.3 is 6.09 Å². The van der Waals surface area contributed by atoms with Crippen LogP contribution in [0.4, 0.5) is 16.2 Å². The summed E-state index contributed by atoms with van der Waals surface area (Å²) in [5.74, 6) is -0.329. The quantitative estimate of drug-likeness (QED) is 0.343. The Morgan fingerprint density at radius 1 is 1.13 bits per heavy atom. The van der Waals surface area contributed by atoms with Crippen molar-refractivity contribution in [3.05, 3.63) is 77.7 Å². The number of nitrogens with zero attached hydrogens (tertiary/aromatic N) is 5. The summed E-state index contributed by atoms with van der Waals surface area (Å²) < 4.78 is 7.17. The van der Waals surface area contributed by atoms with Gasteiger partial charge in [-0.2, -0.15) is 5.10 Å². The third kappa shape index (κ3) is 5.83. The number of aromatic nitrogens is 3. The highest BCUT2D eigenvalue weighted by Crippen LogP contribution is 2.31. The predicted molar refractivity (Wildman–Crippen MR) is 152 cm³/mol. The molecular weight excluding hydrogens is 516 g/mol. The van der Waals surface area contributed by atoms with Gasteiger partial charge in [0.25, 0.3) is 5.91 Å². The maximum absolute atomic E-state index is 13.3. The smallest absolute Gasteiger partial charge is 0.410 e. The zero-order valence-electron chi connectivity index (χ0n) is 22.4. The van der Waals surface area contributed by atoms with Gasteiger partial charge in [0.1, 0.15) is 11.3 Å². The Kier molecular flexibility index (Phi) is 7.18. The highest BCUT2D eigenvalue weighted by atomic mass is 35.5. The molecule has 2 aromatic carbocycles. The highest BCUT2D eigenvalue weighted by molar-refractivity contribution is 6.30. The third-order valence-electron chi connectivity index (χ3n) is 6.62. The van der Waals surface area contributed by atoms with Crippen LogP contribution in [-0.4, -0.2) is 63.3 Å². The predicted octanol–water partition coefficient (Wildman–Crippen LogP) is 5.75. The Bertz CT molecular complexity index is 1530. The lowest BCUT2D eigenvalue weighted by atomic mass is 10.1. The Balaban J connectivity index is 1.33. The van der Waals surface area contributed by atoms with Crippen molar-refractivity contribution < 1.29 is 14.3 Å². The third-order valence-corrected chi connectivity index (χ3v) is 6.86. The summed E-state index contributed by atoms with van der Waals surface area (Å²) in [6.45, 7) is 6.95. The van der Waals surface area contributed by atoms with Crippen molar-refractivity contribution >= 4 is 40.6 Å². The molecule has 2 amide bonds. The van der Waals surface area contributed by atoms with Crippen LogP contribution < -0.4 is 10.2 Å². The molecule has 1 aliphatic rings. The van der Waals surface area contributed by atoms with Crippen LogP contribution in [0.25, 0.3) is 16.8 Å². The number of ether oxygens (including phenoxy) is 1. The molecule has 0 spiro atoms. The van der Waals surface area contributed by atoms with Crippen molar-refractivity contribution in [2.75, 3.05) is 30.4 Å². The van der Waals surface area contributed by atoms with Crippen molar-refractivity contribution in [3.63, 3.8) is 0 Å². The van der Waals surface area contributed by atoms with E-state index in [1.54, 1.807) is 41.0 Å². The van der Waals surface area contributed by atoms with Crippen molar-refractivity contribution in [2.24, 2.45) is 0 Å². The molecule has 0 radical (unpaired) electrons. The monoisotopic (exact) mass is 546 g/mol. The van der Waals surface area contributed by atoms with E-state index in [0.717, 1.165) is 29.8 Å². The maximum Gasteiger partial charge on any atom is 0.410 e. The first-order valence-corrected chi connectivity index (χ1v) is 13.2. The van der Waals surface area contributed by atoms with E-state index in [0.29, 0.717) is 22.9 Å². The van der Waals surface area contributed by atoms with Gasteiger partial charge in [-0.25, -0.2) is 14.3 Å². The molecule has 1 N–H and O–H groups in total. The van der Waals surface area contributed by atoms with E-state index in [9.17, 15) is 9.59 Å². The number of hydrogen-bond acceptors (Lipinski definition) is 6. The standard InChI is InChI=1S/C29H31ClN6O3/c1-29(2,3)39-28(38)34(4)21-12-14-35(18-21)25-11-6-5-10-23(25)33-27(37)24-13-15-36-26(32-24)22(17-31-36)19-8-7-9-20(30)16-19/h5-11,13,15-17,21H,12,14,18H2,1-4H3,(H,33,37)/t21-/m1/s1. The number of halogens is 1. The van der Waals surface area contributed by atoms with E-state index in [1.165, 1.54) is 0 Å². The minimum Gasteiger partial charge on any atom is -0.444 e. The molecule has 0 bridgehead atoms. The first-order chi connectivity index (χ1) is 18.6. The van der Waals surface area contributed by atoms with Crippen LogP contribution in [0.3, 0.4) is 0 Å². The van der Waals surface area contributed by atoms with E-state index < -0.39 is 5.60 Å². The minimum absolute atomic E-state index is 0.000502. The number of nitrogens with one attached hydrogen (secondary N) is 1. The summed E-state index contributed by atoms with van der Waals surface area (Å²) in [4.78, 5) is 34.4. The van der Waals surface area contributed by atoms with Crippen LogP contribution in [-0.2, 0) is 4.74 Å². The molecule has 10 heteroatoms. The maximum atomic E-state index is 13.3. The summed E-state index contributed by atoms with van der Waals surface area (Å²) in [6, 6.07) is 16.7. The first-order valence-electron chi connectivity index (χ1n) is 12.8. The first kappa shape index (κ1) is 26.5. The normalized spacial score (nSPS) is 15.4. The minimum atomic E-state index is -0.552. The largest absolute Gasteiger partial charge is 0.444 e. The number of hydrogen-bond donors (Lipinski definition) is 1. The number of fused-ring (bicyclic) bond motifs is 1. The Labute approximate surface area is 232 Å². The molecule has 202 valence electrons. The lowest BCUT2D eigenvalue weighted by Crippen LogP contribution is -2.42. The number of likely N-dealkylation sites (N-methyl/N-ethyl adjacent to an activating group) is 1. The van der Waals surface area contributed by atoms with Crippen LogP contribution in [0, 0.1) is 0 Å². The van der Waals surface area contributed by atoms with E-state index in [2.05, 4.69) is 20.3 Å². The fourth-order valence-electron chi connectivity index (χ4n) is 4.66. The summed E-state index contributed by atoms with van der Waals surface area (Å²) in [5.41, 5.74) is 3.49. The van der Waals surface area contributed by atoms with Gasteiger partial charge in [-0.05, 0) is 63.1 Å². The number of anilines is 2. The molecule has 0 aliphatic carbocycles. The zero-order chi connectivity index (χ0) is 27.7. The van der Waals surface area contributed by atoms with Gasteiger partial charge in [0, 0.05) is 36.9 Å². The molecule has 1 fully saturated rings. The highest BCUT2D eigenvalue weighted by Gasteiger charge is 2.32. The fourth-order valence-corrected chi connectivity index (χ4v) is 4.85. The number of rotatable bonds is 5. The van der Waals surface area contributed by atoms with E-state index >= 15 is 0 Å². The van der Waals surface area contributed by atoms with Crippen LogP contribution >= 0.6 is 11.6 Å².